The highest BCUT2D eigenvalue weighted by Gasteiger charge is 1.98. The molecule has 0 heterocycles. The van der Waals surface area contributed by atoms with Crippen LogP contribution in [0.5, 0.6) is 0 Å². The minimum Gasteiger partial charge on any atom is -0.313 e. The summed E-state index contributed by atoms with van der Waals surface area (Å²) in [7, 11) is 0. The van der Waals surface area contributed by atoms with E-state index in [4.69, 9.17) is 0 Å². The average molecular weight is 317 g/mol. The van der Waals surface area contributed by atoms with Gasteiger partial charge in [0.25, 0.3) is 0 Å². The maximum atomic E-state index is 3.45. The van der Waals surface area contributed by atoms with Crippen molar-refractivity contribution in [2.45, 2.75) is 32.7 Å². The fourth-order valence-corrected chi connectivity index (χ4v) is 1.83. The van der Waals surface area contributed by atoms with Gasteiger partial charge in [-0.2, -0.15) is 0 Å². The summed E-state index contributed by atoms with van der Waals surface area (Å²) >= 11 is 2.41. The van der Waals surface area contributed by atoms with Crippen LogP contribution in [0.25, 0.3) is 0 Å². The van der Waals surface area contributed by atoms with Gasteiger partial charge in [-0.3, -0.25) is 0 Å². The maximum Gasteiger partial charge on any atom is 0.0205 e. The van der Waals surface area contributed by atoms with E-state index >= 15 is 0 Å². The van der Waals surface area contributed by atoms with Gasteiger partial charge in [-0.1, -0.05) is 60.7 Å². The molecular weight excluding hydrogens is 297 g/mol. The van der Waals surface area contributed by atoms with Crippen molar-refractivity contribution in [3.63, 3.8) is 0 Å². The topological polar surface area (TPSA) is 12.0 Å². The molecule has 0 aromatic heterocycles. The van der Waals surface area contributed by atoms with Gasteiger partial charge in [-0.05, 0) is 30.0 Å². The van der Waals surface area contributed by atoms with Crippen molar-refractivity contribution in [1.82, 2.24) is 5.32 Å². The smallest absolute Gasteiger partial charge is 0.0205 e. The molecule has 0 aliphatic rings. The number of nitrogens with one attached hydrogen (secondary N) is 1. The normalized spacial score (nSPS) is 10.9. The van der Waals surface area contributed by atoms with Crippen LogP contribution in [0.4, 0.5) is 0 Å². The van der Waals surface area contributed by atoms with Crippen molar-refractivity contribution in [2.75, 3.05) is 11.0 Å². The minimum absolute atomic E-state index is 0.631. The fourth-order valence-electron chi connectivity index (χ4n) is 1.44. The lowest BCUT2D eigenvalue weighted by Crippen LogP contribution is -2.14. The Balaban J connectivity index is 2.36. The molecular formula is C13H20IN. The third kappa shape index (κ3) is 4.98. The van der Waals surface area contributed by atoms with Crippen molar-refractivity contribution in [3.05, 3.63) is 35.4 Å². The van der Waals surface area contributed by atoms with Gasteiger partial charge in [0.15, 0.2) is 0 Å². The molecule has 1 N–H and O–H groups in total. The van der Waals surface area contributed by atoms with Gasteiger partial charge in [-0.25, -0.2) is 0 Å². The molecule has 0 aliphatic carbocycles. The van der Waals surface area contributed by atoms with Gasteiger partial charge in [0.2, 0.25) is 0 Å². The summed E-state index contributed by atoms with van der Waals surface area (Å²) in [6.07, 6.45) is 1.25. The molecule has 84 valence electrons. The Morgan fingerprint density at radius 2 is 1.87 bits per heavy atom. The highest BCUT2D eigenvalue weighted by molar-refractivity contribution is 14.1. The largest absolute Gasteiger partial charge is 0.313 e. The van der Waals surface area contributed by atoms with Crippen molar-refractivity contribution < 1.29 is 0 Å². The maximum absolute atomic E-state index is 3.45. The summed E-state index contributed by atoms with van der Waals surface area (Å²) < 4.78 is 1.23. The zero-order valence-electron chi connectivity index (χ0n) is 9.59. The number of halogens is 1. The van der Waals surface area contributed by atoms with E-state index in [1.54, 1.807) is 0 Å². The predicted molar refractivity (Wildman–Crippen MR) is 75.7 cm³/mol. The third-order valence-corrected chi connectivity index (χ3v) is 3.23. The van der Waals surface area contributed by atoms with E-state index in [0.29, 0.717) is 5.92 Å². The standard InChI is InChI=1S/C13H20IN/c1-11(2)13-6-4-12(5-7-13)10-15-9-3-8-14/h4-7,11,15H,3,8-10H2,1-2H3. The molecule has 15 heavy (non-hydrogen) atoms. The molecule has 0 bridgehead atoms. The third-order valence-electron chi connectivity index (χ3n) is 2.46. The van der Waals surface area contributed by atoms with E-state index in [0.717, 1.165) is 13.1 Å². The van der Waals surface area contributed by atoms with Crippen molar-refractivity contribution in [2.24, 2.45) is 0 Å². The van der Waals surface area contributed by atoms with Crippen LogP contribution in [-0.4, -0.2) is 11.0 Å². The first-order valence-electron chi connectivity index (χ1n) is 5.59. The van der Waals surface area contributed by atoms with Crippen LogP contribution in [0, 0.1) is 0 Å². The summed E-state index contributed by atoms with van der Waals surface area (Å²) in [5.41, 5.74) is 2.80. The minimum atomic E-state index is 0.631. The SMILES string of the molecule is CC(C)c1ccc(CNCCCI)cc1. The molecule has 0 atom stereocenters. The average Bonchev–Trinajstić information content (AvgIpc) is 2.25. The van der Waals surface area contributed by atoms with Crippen molar-refractivity contribution >= 4 is 22.6 Å². The molecule has 0 saturated carbocycles. The second-order valence-corrected chi connectivity index (χ2v) is 5.19. The number of rotatable bonds is 6. The lowest BCUT2D eigenvalue weighted by molar-refractivity contribution is 0.681. The van der Waals surface area contributed by atoms with E-state index in [2.05, 4.69) is 66.0 Å². The Hall–Kier alpha value is -0.0900. The zero-order valence-corrected chi connectivity index (χ0v) is 11.8. The number of benzene rings is 1. The zero-order chi connectivity index (χ0) is 11.1. The van der Waals surface area contributed by atoms with Crippen LogP contribution in [0.2, 0.25) is 0 Å². The molecule has 1 aromatic carbocycles. The molecule has 0 saturated heterocycles. The molecule has 1 rings (SSSR count). The van der Waals surface area contributed by atoms with E-state index in [9.17, 15) is 0 Å². The highest BCUT2D eigenvalue weighted by atomic mass is 127. The quantitative estimate of drug-likeness (QED) is 0.479. The lowest BCUT2D eigenvalue weighted by Gasteiger charge is -2.07. The second kappa shape index (κ2) is 7.23. The molecule has 1 aromatic rings. The van der Waals surface area contributed by atoms with Crippen LogP contribution in [0.3, 0.4) is 0 Å². The monoisotopic (exact) mass is 317 g/mol. The highest BCUT2D eigenvalue weighted by Crippen LogP contribution is 2.14. The molecule has 0 unspecified atom stereocenters. The van der Waals surface area contributed by atoms with Crippen LogP contribution < -0.4 is 5.32 Å². The van der Waals surface area contributed by atoms with Crippen molar-refractivity contribution in [3.8, 4) is 0 Å². The van der Waals surface area contributed by atoms with Gasteiger partial charge in [0.05, 0.1) is 0 Å². The Kier molecular flexibility index (Phi) is 6.25. The first kappa shape index (κ1) is 13.0. The van der Waals surface area contributed by atoms with E-state index in [1.807, 2.05) is 0 Å². The second-order valence-electron chi connectivity index (χ2n) is 4.12. The van der Waals surface area contributed by atoms with Gasteiger partial charge in [-0.15, -0.1) is 0 Å². The van der Waals surface area contributed by atoms with Crippen LogP contribution in [0.1, 0.15) is 37.3 Å². The Bertz CT molecular complexity index is 266. The molecule has 0 radical (unpaired) electrons. The number of hydrogen-bond donors (Lipinski definition) is 1. The summed E-state index contributed by atoms with van der Waals surface area (Å²) in [6, 6.07) is 8.93. The first-order chi connectivity index (χ1) is 7.24. The first-order valence-corrected chi connectivity index (χ1v) is 7.12. The van der Waals surface area contributed by atoms with Crippen LogP contribution in [-0.2, 0) is 6.54 Å². The van der Waals surface area contributed by atoms with Crippen LogP contribution in [0.15, 0.2) is 24.3 Å². The van der Waals surface area contributed by atoms with Gasteiger partial charge < -0.3 is 5.32 Å². The summed E-state index contributed by atoms with van der Waals surface area (Å²) in [5.74, 6) is 0.631. The number of alkyl halides is 1. The summed E-state index contributed by atoms with van der Waals surface area (Å²) in [4.78, 5) is 0. The van der Waals surface area contributed by atoms with Crippen LogP contribution >= 0.6 is 22.6 Å². The molecule has 0 amide bonds. The van der Waals surface area contributed by atoms with Gasteiger partial charge in [0, 0.05) is 11.0 Å². The number of hydrogen-bond acceptors (Lipinski definition) is 1. The molecule has 2 heteroatoms. The Morgan fingerprint density at radius 3 is 2.40 bits per heavy atom. The Labute approximate surface area is 107 Å². The summed E-state index contributed by atoms with van der Waals surface area (Å²) in [5, 5.41) is 3.45. The van der Waals surface area contributed by atoms with Gasteiger partial charge in [0.1, 0.15) is 0 Å². The summed E-state index contributed by atoms with van der Waals surface area (Å²) in [6.45, 7) is 6.57. The van der Waals surface area contributed by atoms with E-state index in [-0.39, 0.29) is 0 Å². The fraction of sp³-hybridized carbons (Fsp3) is 0.538. The molecule has 0 fully saturated rings. The molecule has 1 nitrogen and oxygen atoms in total. The molecule has 0 aliphatic heterocycles. The lowest BCUT2D eigenvalue weighted by atomic mass is 10.0. The molecule has 0 spiro atoms. The Morgan fingerprint density at radius 1 is 1.20 bits per heavy atom. The predicted octanol–water partition coefficient (Wildman–Crippen LogP) is 3.72. The van der Waals surface area contributed by atoms with E-state index < -0.39 is 0 Å². The van der Waals surface area contributed by atoms with Crippen molar-refractivity contribution in [1.29, 1.82) is 0 Å². The van der Waals surface area contributed by atoms with E-state index in [1.165, 1.54) is 22.0 Å². The van der Waals surface area contributed by atoms with Gasteiger partial charge >= 0.3 is 0 Å².